The highest BCUT2D eigenvalue weighted by atomic mass is 32.2. The van der Waals surface area contributed by atoms with E-state index in [-0.39, 0.29) is 17.1 Å². The van der Waals surface area contributed by atoms with Gasteiger partial charge in [-0.1, -0.05) is 19.4 Å². The van der Waals surface area contributed by atoms with Crippen LogP contribution in [0.1, 0.15) is 66.8 Å². The average Bonchev–Trinajstić information content (AvgIpc) is 3.15. The molecule has 1 heterocycles. The minimum Gasteiger partial charge on any atom is -0.465 e. The predicted molar refractivity (Wildman–Crippen MR) is 131 cm³/mol. The summed E-state index contributed by atoms with van der Waals surface area (Å²) >= 11 is 2.89. The zero-order valence-electron chi connectivity index (χ0n) is 18.8. The number of hydrogen-bond donors (Lipinski definition) is 2. The van der Waals surface area contributed by atoms with Crippen LogP contribution >= 0.6 is 23.1 Å². The van der Waals surface area contributed by atoms with Gasteiger partial charge in [-0.2, -0.15) is 0 Å². The van der Waals surface area contributed by atoms with Gasteiger partial charge in [-0.15, -0.1) is 23.1 Å². The van der Waals surface area contributed by atoms with E-state index in [9.17, 15) is 14.4 Å². The maximum atomic E-state index is 12.9. The van der Waals surface area contributed by atoms with Crippen LogP contribution in [0.15, 0.2) is 29.2 Å². The van der Waals surface area contributed by atoms with E-state index >= 15 is 0 Å². The Balaban J connectivity index is 1.67. The van der Waals surface area contributed by atoms with Gasteiger partial charge in [0, 0.05) is 21.9 Å². The average molecular weight is 475 g/mol. The third kappa shape index (κ3) is 6.13. The normalized spacial score (nSPS) is 13.7. The monoisotopic (exact) mass is 474 g/mol. The van der Waals surface area contributed by atoms with Crippen molar-refractivity contribution in [3.63, 3.8) is 0 Å². The Hall–Kier alpha value is -2.32. The Morgan fingerprint density at radius 2 is 1.97 bits per heavy atom. The first-order valence-electron chi connectivity index (χ1n) is 11.0. The number of carbonyl (C=O) groups excluding carboxylic acids is 3. The quantitative estimate of drug-likeness (QED) is 0.362. The minimum atomic E-state index is -0.397. The minimum absolute atomic E-state index is 0.00297. The molecule has 0 saturated heterocycles. The molecule has 2 amide bonds. The molecule has 8 heteroatoms. The molecule has 1 aliphatic rings. The molecule has 1 aromatic heterocycles. The first-order valence-corrected chi connectivity index (χ1v) is 12.7. The van der Waals surface area contributed by atoms with Gasteiger partial charge in [0.1, 0.15) is 5.00 Å². The maximum absolute atomic E-state index is 12.9. The summed E-state index contributed by atoms with van der Waals surface area (Å²) in [4.78, 5) is 39.4. The molecule has 2 N–H and O–H groups in total. The van der Waals surface area contributed by atoms with Crippen molar-refractivity contribution in [3.05, 3.63) is 40.3 Å². The van der Waals surface area contributed by atoms with Gasteiger partial charge >= 0.3 is 5.97 Å². The standard InChI is InChI=1S/C24H30N2O4S2/c1-4-5-13-20(27)25-16-9-8-10-17(14-16)31-15(2)22(28)26-23-21(24(29)30-3)18-11-6-7-12-19(18)32-23/h8-10,14-15H,4-7,11-13H2,1-3H3,(H,25,27)(H,26,28). The Labute approximate surface area is 197 Å². The number of aryl methyl sites for hydroxylation is 1. The number of methoxy groups -OCH3 is 1. The zero-order chi connectivity index (χ0) is 23.1. The number of ether oxygens (including phenoxy) is 1. The fourth-order valence-corrected chi connectivity index (χ4v) is 5.86. The summed E-state index contributed by atoms with van der Waals surface area (Å²) < 4.78 is 4.99. The van der Waals surface area contributed by atoms with Gasteiger partial charge in [0.2, 0.25) is 11.8 Å². The molecular formula is C24H30N2O4S2. The molecule has 0 spiro atoms. The number of hydrogen-bond acceptors (Lipinski definition) is 6. The summed E-state index contributed by atoms with van der Waals surface area (Å²) in [7, 11) is 1.37. The number of esters is 1. The van der Waals surface area contributed by atoms with Crippen LogP contribution in [0, 0.1) is 0 Å². The van der Waals surface area contributed by atoms with Crippen LogP contribution < -0.4 is 10.6 Å². The van der Waals surface area contributed by atoms with Crippen LogP contribution in [-0.2, 0) is 27.2 Å². The van der Waals surface area contributed by atoms with Crippen LogP contribution in [0.5, 0.6) is 0 Å². The van der Waals surface area contributed by atoms with E-state index in [0.29, 0.717) is 17.0 Å². The van der Waals surface area contributed by atoms with Gasteiger partial charge in [0.15, 0.2) is 0 Å². The van der Waals surface area contributed by atoms with E-state index in [1.165, 1.54) is 35.1 Å². The molecule has 32 heavy (non-hydrogen) atoms. The van der Waals surface area contributed by atoms with Gasteiger partial charge < -0.3 is 15.4 Å². The van der Waals surface area contributed by atoms with Crippen molar-refractivity contribution in [2.75, 3.05) is 17.7 Å². The second kappa shape index (κ2) is 11.5. The number of anilines is 2. The van der Waals surface area contributed by atoms with Crippen molar-refractivity contribution in [2.24, 2.45) is 0 Å². The second-order valence-electron chi connectivity index (χ2n) is 7.84. The Kier molecular flexibility index (Phi) is 8.75. The highest BCUT2D eigenvalue weighted by molar-refractivity contribution is 8.00. The molecule has 1 atom stereocenters. The largest absolute Gasteiger partial charge is 0.465 e. The fourth-order valence-electron chi connectivity index (χ4n) is 3.65. The van der Waals surface area contributed by atoms with Crippen molar-refractivity contribution >= 4 is 51.6 Å². The number of thioether (sulfide) groups is 1. The summed E-state index contributed by atoms with van der Waals surface area (Å²) in [6.45, 7) is 3.88. The molecule has 172 valence electrons. The van der Waals surface area contributed by atoms with Gasteiger partial charge in [-0.25, -0.2) is 4.79 Å². The predicted octanol–water partition coefficient (Wildman–Crippen LogP) is 5.66. The zero-order valence-corrected chi connectivity index (χ0v) is 20.4. The molecule has 3 rings (SSSR count). The number of benzene rings is 1. The van der Waals surface area contributed by atoms with E-state index in [4.69, 9.17) is 4.74 Å². The number of unbranched alkanes of at least 4 members (excludes halogenated alkanes) is 1. The first-order chi connectivity index (χ1) is 15.4. The van der Waals surface area contributed by atoms with Crippen LogP contribution in [0.4, 0.5) is 10.7 Å². The van der Waals surface area contributed by atoms with Crippen LogP contribution in [-0.4, -0.2) is 30.1 Å². The summed E-state index contributed by atoms with van der Waals surface area (Å²) in [6, 6.07) is 7.50. The smallest absolute Gasteiger partial charge is 0.341 e. The van der Waals surface area contributed by atoms with Gasteiger partial charge in [0.05, 0.1) is 17.9 Å². The number of fused-ring (bicyclic) bond motifs is 1. The van der Waals surface area contributed by atoms with E-state index < -0.39 is 5.97 Å². The van der Waals surface area contributed by atoms with E-state index in [1.54, 1.807) is 0 Å². The Morgan fingerprint density at radius 3 is 2.72 bits per heavy atom. The second-order valence-corrected chi connectivity index (χ2v) is 10.4. The summed E-state index contributed by atoms with van der Waals surface area (Å²) in [5.74, 6) is -0.570. The highest BCUT2D eigenvalue weighted by Gasteiger charge is 2.28. The topological polar surface area (TPSA) is 84.5 Å². The van der Waals surface area contributed by atoms with Gasteiger partial charge in [-0.05, 0) is 62.8 Å². The van der Waals surface area contributed by atoms with Crippen molar-refractivity contribution in [1.29, 1.82) is 0 Å². The van der Waals surface area contributed by atoms with Crippen molar-refractivity contribution in [3.8, 4) is 0 Å². The molecule has 0 saturated carbocycles. The number of thiophene rings is 1. The molecule has 6 nitrogen and oxygen atoms in total. The van der Waals surface area contributed by atoms with Crippen LogP contribution in [0.2, 0.25) is 0 Å². The third-order valence-electron chi connectivity index (χ3n) is 5.35. The van der Waals surface area contributed by atoms with Crippen molar-refractivity contribution < 1.29 is 19.1 Å². The van der Waals surface area contributed by atoms with Gasteiger partial charge in [0.25, 0.3) is 0 Å². The number of nitrogens with one attached hydrogen (secondary N) is 2. The molecule has 0 fully saturated rings. The lowest BCUT2D eigenvalue weighted by Crippen LogP contribution is -2.23. The Morgan fingerprint density at radius 1 is 1.19 bits per heavy atom. The lowest BCUT2D eigenvalue weighted by atomic mass is 9.95. The molecule has 0 radical (unpaired) electrons. The summed E-state index contributed by atoms with van der Waals surface area (Å²) in [5.41, 5.74) is 2.26. The van der Waals surface area contributed by atoms with Crippen molar-refractivity contribution in [2.45, 2.75) is 68.9 Å². The van der Waals surface area contributed by atoms with E-state index in [0.717, 1.165) is 54.7 Å². The molecular weight excluding hydrogens is 444 g/mol. The summed E-state index contributed by atoms with van der Waals surface area (Å²) in [6.07, 6.45) is 6.24. The molecule has 0 bridgehead atoms. The van der Waals surface area contributed by atoms with Crippen LogP contribution in [0.3, 0.4) is 0 Å². The molecule has 0 aliphatic heterocycles. The fraction of sp³-hybridized carbons (Fsp3) is 0.458. The molecule has 1 unspecified atom stereocenters. The summed E-state index contributed by atoms with van der Waals surface area (Å²) in [5, 5.41) is 6.07. The SMILES string of the molecule is CCCCC(=O)Nc1cccc(SC(C)C(=O)Nc2sc3c(c2C(=O)OC)CCCC3)c1. The highest BCUT2D eigenvalue weighted by Crippen LogP contribution is 2.39. The Bertz CT molecular complexity index is 986. The number of amides is 2. The first kappa shape index (κ1) is 24.3. The van der Waals surface area contributed by atoms with Crippen molar-refractivity contribution in [1.82, 2.24) is 0 Å². The lowest BCUT2D eigenvalue weighted by Gasteiger charge is -2.14. The lowest BCUT2D eigenvalue weighted by molar-refractivity contribution is -0.116. The third-order valence-corrected chi connectivity index (χ3v) is 7.66. The maximum Gasteiger partial charge on any atom is 0.341 e. The van der Waals surface area contributed by atoms with E-state index in [1.807, 2.05) is 31.2 Å². The molecule has 1 aromatic carbocycles. The van der Waals surface area contributed by atoms with E-state index in [2.05, 4.69) is 17.6 Å². The number of rotatable bonds is 9. The van der Waals surface area contributed by atoms with Crippen LogP contribution in [0.25, 0.3) is 0 Å². The number of carbonyl (C=O) groups is 3. The molecule has 1 aliphatic carbocycles. The van der Waals surface area contributed by atoms with Gasteiger partial charge in [-0.3, -0.25) is 9.59 Å². The molecule has 2 aromatic rings.